The Balaban J connectivity index is 0.971. The first-order valence-electron chi connectivity index (χ1n) is 23.1. The van der Waals surface area contributed by atoms with E-state index in [1.807, 2.05) is 17.4 Å². The molecular weight excluding hydrogens is 827 g/mol. The number of rotatable bonds is 5. The van der Waals surface area contributed by atoms with Crippen molar-refractivity contribution in [1.82, 2.24) is 4.57 Å². The topological polar surface area (TPSA) is 4.93 Å². The van der Waals surface area contributed by atoms with Gasteiger partial charge in [-0.2, -0.15) is 0 Å². The highest BCUT2D eigenvalue weighted by Gasteiger charge is 2.22. The lowest BCUT2D eigenvalue weighted by atomic mass is 9.89. The summed E-state index contributed by atoms with van der Waals surface area (Å²) in [5.74, 6) is 0. The second-order valence-electron chi connectivity index (χ2n) is 17.9. The van der Waals surface area contributed by atoms with Crippen LogP contribution in [0.5, 0.6) is 0 Å². The first-order valence-corrected chi connectivity index (χ1v) is 24.0. The molecule has 2 heterocycles. The number of benzene rings is 12. The number of fused-ring (bicyclic) bond motifs is 19. The van der Waals surface area contributed by atoms with Crippen molar-refractivity contribution in [1.29, 1.82) is 0 Å². The third-order valence-electron chi connectivity index (χ3n) is 14.4. The molecule has 0 N–H and O–H groups in total. The summed E-state index contributed by atoms with van der Waals surface area (Å²) >= 11 is 1.88. The molecule has 0 saturated heterocycles. The fourth-order valence-electron chi connectivity index (χ4n) is 11.4. The number of hydrogen-bond acceptors (Lipinski definition) is 1. The van der Waals surface area contributed by atoms with E-state index < -0.39 is 0 Å². The summed E-state index contributed by atoms with van der Waals surface area (Å²) in [6, 6.07) is 74.9. The molecule has 14 aromatic rings. The first kappa shape index (κ1) is 38.0. The lowest BCUT2D eigenvalue weighted by Crippen LogP contribution is -1.96. The van der Waals surface area contributed by atoms with Crippen LogP contribution in [0.15, 0.2) is 213 Å². The number of hydrogen-bond donors (Lipinski definition) is 0. The van der Waals surface area contributed by atoms with Crippen LogP contribution in [0.25, 0.3) is 147 Å². The van der Waals surface area contributed by atoms with Gasteiger partial charge in [0.1, 0.15) is 0 Å². The molecule has 14 rings (SSSR count). The minimum atomic E-state index is 1.12. The Labute approximate surface area is 391 Å². The number of para-hydroxylation sites is 1. The van der Waals surface area contributed by atoms with Gasteiger partial charge in [0.15, 0.2) is 0 Å². The van der Waals surface area contributed by atoms with Crippen molar-refractivity contribution in [2.45, 2.75) is 6.92 Å². The maximum atomic E-state index is 4.22. The Morgan fingerprint density at radius 1 is 0.388 bits per heavy atom. The van der Waals surface area contributed by atoms with Crippen molar-refractivity contribution in [3.8, 4) is 27.9 Å². The number of allylic oxidation sites excluding steroid dienone is 1. The highest BCUT2D eigenvalue weighted by atomic mass is 32.1. The monoisotopic (exact) mass is 867 g/mol. The summed E-state index contributed by atoms with van der Waals surface area (Å²) in [5, 5.41) is 20.5. The van der Waals surface area contributed by atoms with E-state index in [-0.39, 0.29) is 0 Å². The first-order chi connectivity index (χ1) is 33.1. The van der Waals surface area contributed by atoms with Gasteiger partial charge in [0.05, 0.1) is 11.0 Å². The zero-order valence-corrected chi connectivity index (χ0v) is 37.7. The maximum absolute atomic E-state index is 4.22. The molecule has 0 amide bonds. The van der Waals surface area contributed by atoms with E-state index in [4.69, 9.17) is 0 Å². The zero-order chi connectivity index (χ0) is 44.3. The van der Waals surface area contributed by atoms with E-state index in [0.29, 0.717) is 0 Å². The van der Waals surface area contributed by atoms with E-state index in [1.54, 1.807) is 0 Å². The predicted molar refractivity (Wildman–Crippen MR) is 294 cm³/mol. The molecule has 0 fully saturated rings. The summed E-state index contributed by atoms with van der Waals surface area (Å²) in [6.45, 7) is 6.32. The average molecular weight is 868 g/mol. The standard InChI is InChI=1S/C65H41NS/c1-3-14-45-39(4-2)23-30-55-64-60(66(65(45)55)44-15-6-5-7-16-44)32-31-53-49-20-11-13-22-51(49)57-36-41(25-29-54(57)63(53)64)43-27-34-62-59(38-43)58-37-42(26-33-61(58)67-62)40-24-28-52-48-19-9-8-17-46(48)47-18-10-12-21-50(47)56(52)35-40/h3-38H,2H2,1H3/b14-3-. The van der Waals surface area contributed by atoms with Gasteiger partial charge in [0, 0.05) is 47.6 Å². The van der Waals surface area contributed by atoms with E-state index in [0.717, 1.165) is 11.3 Å². The molecule has 2 heteroatoms. The molecular formula is C65H41NS. The van der Waals surface area contributed by atoms with Gasteiger partial charge in [-0.25, -0.2) is 0 Å². The van der Waals surface area contributed by atoms with Gasteiger partial charge in [0.25, 0.3) is 0 Å². The van der Waals surface area contributed by atoms with Gasteiger partial charge in [-0.15, -0.1) is 11.3 Å². The van der Waals surface area contributed by atoms with Crippen molar-refractivity contribution in [2.75, 3.05) is 0 Å². The molecule has 67 heavy (non-hydrogen) atoms. The Morgan fingerprint density at radius 3 is 1.39 bits per heavy atom. The van der Waals surface area contributed by atoms with Crippen LogP contribution in [0, 0.1) is 0 Å². The van der Waals surface area contributed by atoms with Gasteiger partial charge in [-0.1, -0.05) is 170 Å². The Morgan fingerprint density at radius 2 is 0.821 bits per heavy atom. The van der Waals surface area contributed by atoms with E-state index >= 15 is 0 Å². The smallest absolute Gasteiger partial charge is 0.0619 e. The molecule has 0 spiro atoms. The molecule has 0 atom stereocenters. The third kappa shape index (κ3) is 5.54. The largest absolute Gasteiger partial charge is 0.309 e. The molecule has 2 aromatic heterocycles. The van der Waals surface area contributed by atoms with Gasteiger partial charge in [0.2, 0.25) is 0 Å². The van der Waals surface area contributed by atoms with Crippen LogP contribution in [0.4, 0.5) is 0 Å². The molecule has 12 aromatic carbocycles. The summed E-state index contributed by atoms with van der Waals surface area (Å²) in [6.07, 6.45) is 6.35. The van der Waals surface area contributed by atoms with Crippen LogP contribution in [0.2, 0.25) is 0 Å². The summed E-state index contributed by atoms with van der Waals surface area (Å²) in [7, 11) is 0. The van der Waals surface area contributed by atoms with Crippen LogP contribution in [0.1, 0.15) is 18.1 Å². The number of nitrogens with zero attached hydrogens (tertiary/aromatic N) is 1. The van der Waals surface area contributed by atoms with Gasteiger partial charge >= 0.3 is 0 Å². The fourth-order valence-corrected chi connectivity index (χ4v) is 12.5. The Kier molecular flexibility index (Phi) is 8.29. The van der Waals surface area contributed by atoms with Crippen molar-refractivity contribution in [3.05, 3.63) is 224 Å². The highest BCUT2D eigenvalue weighted by Crippen LogP contribution is 2.47. The van der Waals surface area contributed by atoms with Crippen molar-refractivity contribution in [2.24, 2.45) is 0 Å². The van der Waals surface area contributed by atoms with Crippen molar-refractivity contribution in [3.63, 3.8) is 0 Å². The normalized spacial score (nSPS) is 12.3. The fraction of sp³-hybridized carbons (Fsp3) is 0.0154. The van der Waals surface area contributed by atoms with Gasteiger partial charge in [-0.3, -0.25) is 0 Å². The second-order valence-corrected chi connectivity index (χ2v) is 19.0. The van der Waals surface area contributed by atoms with Gasteiger partial charge < -0.3 is 4.57 Å². The minimum Gasteiger partial charge on any atom is -0.309 e. The van der Waals surface area contributed by atoms with Crippen molar-refractivity contribution >= 4 is 130 Å². The zero-order valence-electron chi connectivity index (χ0n) is 36.8. The highest BCUT2D eigenvalue weighted by molar-refractivity contribution is 7.25. The summed E-state index contributed by atoms with van der Waals surface area (Å²) < 4.78 is 5.07. The molecule has 0 aliphatic carbocycles. The molecule has 0 aliphatic heterocycles. The lowest BCUT2D eigenvalue weighted by Gasteiger charge is -2.14. The minimum absolute atomic E-state index is 1.12. The summed E-state index contributed by atoms with van der Waals surface area (Å²) in [4.78, 5) is 0. The molecule has 0 radical (unpaired) electrons. The molecule has 312 valence electrons. The molecule has 1 nitrogen and oxygen atoms in total. The van der Waals surface area contributed by atoms with Crippen LogP contribution < -0.4 is 0 Å². The Hall–Kier alpha value is -8.30. The van der Waals surface area contributed by atoms with Crippen LogP contribution in [-0.4, -0.2) is 4.57 Å². The van der Waals surface area contributed by atoms with E-state index in [1.165, 1.54) is 134 Å². The second kappa shape index (κ2) is 14.6. The predicted octanol–water partition coefficient (Wildman–Crippen LogP) is 19.1. The van der Waals surface area contributed by atoms with Crippen molar-refractivity contribution < 1.29 is 0 Å². The third-order valence-corrected chi connectivity index (χ3v) is 15.6. The molecule has 0 bridgehead atoms. The van der Waals surface area contributed by atoms with Gasteiger partial charge in [-0.05, 0) is 149 Å². The van der Waals surface area contributed by atoms with E-state index in [2.05, 4.69) is 230 Å². The molecule has 0 unspecified atom stereocenters. The van der Waals surface area contributed by atoms with Crippen LogP contribution in [0.3, 0.4) is 0 Å². The quantitative estimate of drug-likeness (QED) is 0.152. The number of thiophene rings is 1. The molecule has 0 saturated carbocycles. The summed E-state index contributed by atoms with van der Waals surface area (Å²) in [5.41, 5.74) is 10.7. The average Bonchev–Trinajstić information content (AvgIpc) is 3.94. The van der Waals surface area contributed by atoms with Crippen LogP contribution in [-0.2, 0) is 0 Å². The number of aromatic nitrogens is 1. The Bertz CT molecular complexity index is 4430. The lowest BCUT2D eigenvalue weighted by molar-refractivity contribution is 1.18. The van der Waals surface area contributed by atoms with Crippen LogP contribution >= 0.6 is 11.3 Å². The SMILES string of the molecule is C=Cc1ccc2c3c4c(ccc3n(-c3ccccc3)c2c1/C=C\C)c1ccccc1c1cc(-c2ccc3sc5ccc(-c6ccc7c8ccccc8c8ccccc8c7c6)cc5c3c2)ccc14. The molecule has 0 aliphatic rings. The maximum Gasteiger partial charge on any atom is 0.0619 e. The van der Waals surface area contributed by atoms with E-state index in [9.17, 15) is 0 Å².